The van der Waals surface area contributed by atoms with Gasteiger partial charge in [-0.25, -0.2) is 4.68 Å². The maximum absolute atomic E-state index is 10.8. The molecule has 0 amide bonds. The number of hydrogen-bond acceptors (Lipinski definition) is 4. The van der Waals surface area contributed by atoms with Crippen molar-refractivity contribution in [1.82, 2.24) is 9.78 Å². The van der Waals surface area contributed by atoms with Gasteiger partial charge < -0.3 is 14.6 Å². The normalized spacial score (nSPS) is 12.3. The quantitative estimate of drug-likeness (QED) is 0.939. The molecule has 0 radical (unpaired) electrons. The molecular weight excluding hydrogens is 268 g/mol. The summed E-state index contributed by atoms with van der Waals surface area (Å²) in [6.07, 6.45) is -0.779. The van der Waals surface area contributed by atoms with E-state index in [4.69, 9.17) is 9.47 Å². The van der Waals surface area contributed by atoms with Crippen molar-refractivity contribution in [2.24, 2.45) is 7.05 Å². The largest absolute Gasteiger partial charge is 0.496 e. The summed E-state index contributed by atoms with van der Waals surface area (Å²) in [5, 5.41) is 15.1. The Labute approximate surface area is 125 Å². The van der Waals surface area contributed by atoms with Gasteiger partial charge in [0.1, 0.15) is 11.9 Å². The zero-order valence-electron chi connectivity index (χ0n) is 13.4. The van der Waals surface area contributed by atoms with Crippen molar-refractivity contribution in [2.45, 2.75) is 26.9 Å². The lowest BCUT2D eigenvalue weighted by molar-refractivity contribution is 0.212. The Morgan fingerprint density at radius 2 is 1.76 bits per heavy atom. The van der Waals surface area contributed by atoms with Crippen LogP contribution in [0, 0.1) is 20.8 Å². The van der Waals surface area contributed by atoms with Crippen LogP contribution >= 0.6 is 0 Å². The van der Waals surface area contributed by atoms with Gasteiger partial charge in [0.2, 0.25) is 5.88 Å². The Morgan fingerprint density at radius 3 is 2.33 bits per heavy atom. The maximum Gasteiger partial charge on any atom is 0.217 e. The van der Waals surface area contributed by atoms with Crippen LogP contribution in [0.5, 0.6) is 11.6 Å². The summed E-state index contributed by atoms with van der Waals surface area (Å²) >= 11 is 0. The highest BCUT2D eigenvalue weighted by molar-refractivity contribution is 5.47. The number of aliphatic hydroxyl groups excluding tert-OH is 1. The molecule has 21 heavy (non-hydrogen) atoms. The van der Waals surface area contributed by atoms with Gasteiger partial charge in [0, 0.05) is 7.05 Å². The van der Waals surface area contributed by atoms with Crippen molar-refractivity contribution in [3.8, 4) is 11.6 Å². The summed E-state index contributed by atoms with van der Waals surface area (Å²) in [5.74, 6) is 1.39. The van der Waals surface area contributed by atoms with Gasteiger partial charge in [-0.2, -0.15) is 5.10 Å². The molecule has 1 aromatic carbocycles. The molecule has 5 heteroatoms. The zero-order chi connectivity index (χ0) is 15.7. The Balaban J connectivity index is 2.55. The van der Waals surface area contributed by atoms with E-state index in [2.05, 4.69) is 5.10 Å². The third-order valence-corrected chi connectivity index (χ3v) is 3.76. The number of methoxy groups -OCH3 is 2. The van der Waals surface area contributed by atoms with E-state index < -0.39 is 6.10 Å². The van der Waals surface area contributed by atoms with Crippen LogP contribution in [0.25, 0.3) is 0 Å². The zero-order valence-corrected chi connectivity index (χ0v) is 13.4. The number of nitrogens with zero attached hydrogens (tertiary/aromatic N) is 2. The SMILES string of the molecule is COc1cc(C)c(C(O)c2c(C)nn(C)c2OC)cc1C. The number of benzene rings is 1. The lowest BCUT2D eigenvalue weighted by atomic mass is 9.95. The molecule has 0 fully saturated rings. The Morgan fingerprint density at radius 1 is 1.10 bits per heavy atom. The van der Waals surface area contributed by atoms with E-state index in [-0.39, 0.29) is 0 Å². The molecule has 0 saturated carbocycles. The van der Waals surface area contributed by atoms with E-state index in [0.717, 1.165) is 28.1 Å². The monoisotopic (exact) mass is 290 g/mol. The minimum atomic E-state index is -0.779. The second-order valence-electron chi connectivity index (χ2n) is 5.21. The van der Waals surface area contributed by atoms with E-state index in [0.29, 0.717) is 11.4 Å². The molecule has 1 unspecified atom stereocenters. The van der Waals surface area contributed by atoms with Gasteiger partial charge >= 0.3 is 0 Å². The summed E-state index contributed by atoms with van der Waals surface area (Å²) in [6, 6.07) is 3.89. The lowest BCUT2D eigenvalue weighted by Gasteiger charge is -2.17. The van der Waals surface area contributed by atoms with E-state index in [1.165, 1.54) is 0 Å². The third kappa shape index (κ3) is 2.61. The number of aliphatic hydroxyl groups is 1. The van der Waals surface area contributed by atoms with Gasteiger partial charge in [-0.15, -0.1) is 0 Å². The molecule has 0 saturated heterocycles. The lowest BCUT2D eigenvalue weighted by Crippen LogP contribution is -2.06. The van der Waals surface area contributed by atoms with E-state index in [1.54, 1.807) is 25.9 Å². The van der Waals surface area contributed by atoms with Crippen molar-refractivity contribution in [3.05, 3.63) is 40.1 Å². The van der Waals surface area contributed by atoms with Crippen molar-refractivity contribution in [3.63, 3.8) is 0 Å². The number of rotatable bonds is 4. The Kier molecular flexibility index (Phi) is 4.23. The molecule has 0 aliphatic carbocycles. The predicted octanol–water partition coefficient (Wildman–Crippen LogP) is 2.44. The molecular formula is C16H22N2O3. The first-order valence-electron chi connectivity index (χ1n) is 6.81. The van der Waals surface area contributed by atoms with Crippen LogP contribution in [0.2, 0.25) is 0 Å². The van der Waals surface area contributed by atoms with Crippen LogP contribution in [0.1, 0.15) is 34.1 Å². The van der Waals surface area contributed by atoms with Gasteiger partial charge in [-0.05, 0) is 49.6 Å². The minimum absolute atomic E-state index is 0.577. The molecule has 1 atom stereocenters. The average Bonchev–Trinajstić information content (AvgIpc) is 2.73. The smallest absolute Gasteiger partial charge is 0.217 e. The van der Waals surface area contributed by atoms with Gasteiger partial charge in [0.25, 0.3) is 0 Å². The maximum atomic E-state index is 10.8. The molecule has 1 heterocycles. The molecule has 5 nitrogen and oxygen atoms in total. The summed E-state index contributed by atoms with van der Waals surface area (Å²) in [4.78, 5) is 0. The van der Waals surface area contributed by atoms with Crippen LogP contribution in [0.15, 0.2) is 12.1 Å². The highest BCUT2D eigenvalue weighted by Crippen LogP contribution is 2.35. The highest BCUT2D eigenvalue weighted by Gasteiger charge is 2.24. The van der Waals surface area contributed by atoms with Gasteiger partial charge in [0.15, 0.2) is 0 Å². The Bertz CT molecular complexity index is 662. The van der Waals surface area contributed by atoms with Crippen molar-refractivity contribution in [2.75, 3.05) is 14.2 Å². The van der Waals surface area contributed by atoms with Crippen LogP contribution in [-0.4, -0.2) is 29.1 Å². The molecule has 114 valence electrons. The second-order valence-corrected chi connectivity index (χ2v) is 5.21. The fourth-order valence-corrected chi connectivity index (χ4v) is 2.69. The number of hydrogen-bond donors (Lipinski definition) is 1. The molecule has 0 bridgehead atoms. The molecule has 0 aliphatic heterocycles. The van der Waals surface area contributed by atoms with Gasteiger partial charge in [0.05, 0.1) is 25.5 Å². The topological polar surface area (TPSA) is 56.5 Å². The molecule has 1 N–H and O–H groups in total. The van der Waals surface area contributed by atoms with E-state index in [1.807, 2.05) is 32.9 Å². The van der Waals surface area contributed by atoms with Crippen molar-refractivity contribution < 1.29 is 14.6 Å². The van der Waals surface area contributed by atoms with Crippen molar-refractivity contribution >= 4 is 0 Å². The van der Waals surface area contributed by atoms with Gasteiger partial charge in [-0.3, -0.25) is 0 Å². The average molecular weight is 290 g/mol. The fraction of sp³-hybridized carbons (Fsp3) is 0.438. The van der Waals surface area contributed by atoms with Crippen LogP contribution in [-0.2, 0) is 7.05 Å². The standard InChI is InChI=1S/C16H22N2O3/c1-9-8-13(20-5)10(2)7-12(9)15(19)14-11(3)17-18(4)16(14)21-6/h7-8,15,19H,1-6H3. The first kappa shape index (κ1) is 15.4. The Hall–Kier alpha value is -2.01. The summed E-state index contributed by atoms with van der Waals surface area (Å²) in [5.41, 5.74) is 4.25. The van der Waals surface area contributed by atoms with E-state index >= 15 is 0 Å². The summed E-state index contributed by atoms with van der Waals surface area (Å²) in [7, 11) is 5.03. The predicted molar refractivity (Wildman–Crippen MR) is 81.0 cm³/mol. The number of aryl methyl sites for hydroxylation is 4. The third-order valence-electron chi connectivity index (χ3n) is 3.76. The molecule has 2 rings (SSSR count). The summed E-state index contributed by atoms with van der Waals surface area (Å²) in [6.45, 7) is 5.79. The van der Waals surface area contributed by atoms with Gasteiger partial charge in [-0.1, -0.05) is 0 Å². The first-order chi connectivity index (χ1) is 9.90. The minimum Gasteiger partial charge on any atom is -0.496 e. The van der Waals surface area contributed by atoms with E-state index in [9.17, 15) is 5.11 Å². The molecule has 0 aliphatic rings. The van der Waals surface area contributed by atoms with Crippen molar-refractivity contribution in [1.29, 1.82) is 0 Å². The van der Waals surface area contributed by atoms with Crippen LogP contribution in [0.4, 0.5) is 0 Å². The molecule has 2 aromatic rings. The number of aromatic nitrogens is 2. The van der Waals surface area contributed by atoms with Crippen LogP contribution in [0.3, 0.4) is 0 Å². The molecule has 0 spiro atoms. The van der Waals surface area contributed by atoms with Crippen LogP contribution < -0.4 is 9.47 Å². The first-order valence-corrected chi connectivity index (χ1v) is 6.81. The highest BCUT2D eigenvalue weighted by atomic mass is 16.5. The summed E-state index contributed by atoms with van der Waals surface area (Å²) < 4.78 is 12.3. The number of ether oxygens (including phenoxy) is 2. The fourth-order valence-electron chi connectivity index (χ4n) is 2.69. The second kappa shape index (κ2) is 5.77. The molecule has 1 aromatic heterocycles.